The van der Waals surface area contributed by atoms with E-state index >= 15 is 0 Å². The molecule has 3 N–H and O–H groups in total. The van der Waals surface area contributed by atoms with Gasteiger partial charge in [0, 0.05) is 25.7 Å². The summed E-state index contributed by atoms with van der Waals surface area (Å²) in [4.78, 5) is 11.0. The van der Waals surface area contributed by atoms with Gasteiger partial charge in [-0.05, 0) is 43.4 Å². The van der Waals surface area contributed by atoms with Crippen LogP contribution in [-0.4, -0.2) is 36.7 Å². The standard InChI is InChI=1S/C18H25N5O/c1-20-16-12-17(22-18(19)21-16)23-10-4-3-5-14(23)11-13-6-8-15(24-2)9-7-13/h6-9,12,14H,3-5,10-11H2,1-2H3,(H3,19,20,21,22)/t14-/m0/s1. The molecule has 6 heteroatoms. The second-order valence-corrected chi connectivity index (χ2v) is 6.11. The van der Waals surface area contributed by atoms with Crippen LogP contribution in [0.2, 0.25) is 0 Å². The maximum Gasteiger partial charge on any atom is 0.223 e. The van der Waals surface area contributed by atoms with Crippen molar-refractivity contribution in [2.24, 2.45) is 0 Å². The molecule has 1 aromatic heterocycles. The van der Waals surface area contributed by atoms with Gasteiger partial charge in [0.15, 0.2) is 0 Å². The van der Waals surface area contributed by atoms with Crippen LogP contribution < -0.4 is 20.7 Å². The van der Waals surface area contributed by atoms with Gasteiger partial charge in [-0.2, -0.15) is 9.97 Å². The first kappa shape index (κ1) is 16.4. The van der Waals surface area contributed by atoms with Crippen molar-refractivity contribution in [3.05, 3.63) is 35.9 Å². The fraction of sp³-hybridized carbons (Fsp3) is 0.444. The molecule has 1 aliphatic rings. The highest BCUT2D eigenvalue weighted by Gasteiger charge is 2.24. The summed E-state index contributed by atoms with van der Waals surface area (Å²) in [5, 5.41) is 3.05. The van der Waals surface area contributed by atoms with Crippen molar-refractivity contribution in [1.82, 2.24) is 9.97 Å². The van der Waals surface area contributed by atoms with E-state index in [0.717, 1.165) is 36.8 Å². The van der Waals surface area contributed by atoms with Crippen molar-refractivity contribution in [3.63, 3.8) is 0 Å². The molecule has 2 heterocycles. The molecular weight excluding hydrogens is 302 g/mol. The molecule has 128 valence electrons. The lowest BCUT2D eigenvalue weighted by Crippen LogP contribution is -2.41. The number of nitrogens with one attached hydrogen (secondary N) is 1. The first-order valence-corrected chi connectivity index (χ1v) is 8.41. The molecule has 6 nitrogen and oxygen atoms in total. The van der Waals surface area contributed by atoms with Gasteiger partial charge in [0.05, 0.1) is 7.11 Å². The fourth-order valence-electron chi connectivity index (χ4n) is 3.28. The Bertz CT molecular complexity index is 674. The number of nitrogen functional groups attached to an aromatic ring is 1. The topological polar surface area (TPSA) is 76.3 Å². The highest BCUT2D eigenvalue weighted by Crippen LogP contribution is 2.27. The molecule has 1 aliphatic heterocycles. The molecule has 0 unspecified atom stereocenters. The highest BCUT2D eigenvalue weighted by molar-refractivity contribution is 5.53. The van der Waals surface area contributed by atoms with E-state index in [1.807, 2.05) is 25.2 Å². The van der Waals surface area contributed by atoms with Crippen molar-refractivity contribution in [1.29, 1.82) is 0 Å². The molecule has 0 spiro atoms. The Labute approximate surface area is 143 Å². The van der Waals surface area contributed by atoms with Crippen LogP contribution >= 0.6 is 0 Å². The molecule has 3 rings (SSSR count). The minimum absolute atomic E-state index is 0.311. The normalized spacial score (nSPS) is 17.6. The van der Waals surface area contributed by atoms with Crippen molar-refractivity contribution in [2.45, 2.75) is 31.7 Å². The number of anilines is 3. The number of hydrogen-bond acceptors (Lipinski definition) is 6. The summed E-state index contributed by atoms with van der Waals surface area (Å²) in [5.41, 5.74) is 7.18. The van der Waals surface area contributed by atoms with Gasteiger partial charge in [0.25, 0.3) is 0 Å². The average molecular weight is 327 g/mol. The fourth-order valence-corrected chi connectivity index (χ4v) is 3.28. The highest BCUT2D eigenvalue weighted by atomic mass is 16.5. The summed E-state index contributed by atoms with van der Waals surface area (Å²) in [5.74, 6) is 2.86. The number of rotatable bonds is 5. The number of ether oxygens (including phenoxy) is 1. The zero-order chi connectivity index (χ0) is 16.9. The maximum atomic E-state index is 5.87. The molecule has 1 aromatic carbocycles. The number of hydrogen-bond donors (Lipinski definition) is 2. The Morgan fingerprint density at radius 3 is 2.75 bits per heavy atom. The van der Waals surface area contributed by atoms with Crippen LogP contribution in [0, 0.1) is 0 Å². The predicted octanol–water partition coefficient (Wildman–Crippen LogP) is 2.71. The molecule has 2 aromatic rings. The largest absolute Gasteiger partial charge is 0.497 e. The third-order valence-corrected chi connectivity index (χ3v) is 4.54. The van der Waals surface area contributed by atoms with E-state index in [1.54, 1.807) is 7.11 Å². The summed E-state index contributed by atoms with van der Waals surface area (Å²) >= 11 is 0. The number of benzene rings is 1. The van der Waals surface area contributed by atoms with Gasteiger partial charge in [0.2, 0.25) is 5.95 Å². The van der Waals surface area contributed by atoms with E-state index in [0.29, 0.717) is 12.0 Å². The first-order valence-electron chi connectivity index (χ1n) is 8.41. The predicted molar refractivity (Wildman–Crippen MR) is 97.7 cm³/mol. The summed E-state index contributed by atoms with van der Waals surface area (Å²) in [6, 6.07) is 10.7. The van der Waals surface area contributed by atoms with Gasteiger partial charge < -0.3 is 20.7 Å². The Balaban J connectivity index is 1.81. The number of methoxy groups -OCH3 is 1. The van der Waals surface area contributed by atoms with E-state index in [-0.39, 0.29) is 0 Å². The third-order valence-electron chi connectivity index (χ3n) is 4.54. The molecule has 0 saturated carbocycles. The van der Waals surface area contributed by atoms with E-state index in [9.17, 15) is 0 Å². The Morgan fingerprint density at radius 2 is 2.04 bits per heavy atom. The minimum Gasteiger partial charge on any atom is -0.497 e. The molecular formula is C18H25N5O. The summed E-state index contributed by atoms with van der Waals surface area (Å²) in [6.07, 6.45) is 4.57. The van der Waals surface area contributed by atoms with Crippen LogP contribution in [0.3, 0.4) is 0 Å². The van der Waals surface area contributed by atoms with Crippen molar-refractivity contribution in [2.75, 3.05) is 36.7 Å². The molecule has 1 atom stereocenters. The average Bonchev–Trinajstić information content (AvgIpc) is 2.62. The Hall–Kier alpha value is -2.50. The third kappa shape index (κ3) is 3.69. The number of nitrogens with zero attached hydrogens (tertiary/aromatic N) is 3. The molecule has 0 amide bonds. The zero-order valence-electron chi connectivity index (χ0n) is 14.3. The zero-order valence-corrected chi connectivity index (χ0v) is 14.3. The van der Waals surface area contributed by atoms with Gasteiger partial charge in [0.1, 0.15) is 17.4 Å². The summed E-state index contributed by atoms with van der Waals surface area (Å²) < 4.78 is 5.24. The van der Waals surface area contributed by atoms with Gasteiger partial charge in [-0.3, -0.25) is 0 Å². The van der Waals surface area contributed by atoms with Crippen LogP contribution in [0.4, 0.5) is 17.6 Å². The van der Waals surface area contributed by atoms with E-state index < -0.39 is 0 Å². The lowest BCUT2D eigenvalue weighted by atomic mass is 9.95. The summed E-state index contributed by atoms with van der Waals surface area (Å²) in [7, 11) is 3.54. The molecule has 24 heavy (non-hydrogen) atoms. The summed E-state index contributed by atoms with van der Waals surface area (Å²) in [6.45, 7) is 1.00. The SMILES string of the molecule is CNc1cc(N2CCCC[C@H]2Cc2ccc(OC)cc2)nc(N)n1. The molecule has 0 aliphatic carbocycles. The first-order chi connectivity index (χ1) is 11.7. The number of aromatic nitrogens is 2. The van der Waals surface area contributed by atoms with E-state index in [1.165, 1.54) is 18.4 Å². The van der Waals surface area contributed by atoms with Crippen molar-refractivity contribution in [3.8, 4) is 5.75 Å². The van der Waals surface area contributed by atoms with E-state index in [4.69, 9.17) is 10.5 Å². The van der Waals surface area contributed by atoms with Gasteiger partial charge in [-0.15, -0.1) is 0 Å². The monoisotopic (exact) mass is 327 g/mol. The minimum atomic E-state index is 0.311. The van der Waals surface area contributed by atoms with Gasteiger partial charge >= 0.3 is 0 Å². The molecule has 1 saturated heterocycles. The van der Waals surface area contributed by atoms with Gasteiger partial charge in [-0.1, -0.05) is 12.1 Å². The van der Waals surface area contributed by atoms with Gasteiger partial charge in [-0.25, -0.2) is 0 Å². The van der Waals surface area contributed by atoms with Crippen molar-refractivity contribution >= 4 is 17.6 Å². The smallest absolute Gasteiger partial charge is 0.223 e. The van der Waals surface area contributed by atoms with Crippen LogP contribution in [-0.2, 0) is 6.42 Å². The molecule has 0 radical (unpaired) electrons. The van der Waals surface area contributed by atoms with Crippen LogP contribution in [0.15, 0.2) is 30.3 Å². The lowest BCUT2D eigenvalue weighted by molar-refractivity contribution is 0.414. The number of piperidine rings is 1. The Kier molecular flexibility index (Phi) is 5.03. The van der Waals surface area contributed by atoms with Crippen LogP contribution in [0.1, 0.15) is 24.8 Å². The van der Waals surface area contributed by atoms with E-state index in [2.05, 4.69) is 32.3 Å². The van der Waals surface area contributed by atoms with Crippen LogP contribution in [0.25, 0.3) is 0 Å². The molecule has 1 fully saturated rings. The maximum absolute atomic E-state index is 5.87. The lowest BCUT2D eigenvalue weighted by Gasteiger charge is -2.37. The number of nitrogens with two attached hydrogens (primary N) is 1. The quantitative estimate of drug-likeness (QED) is 0.879. The molecule has 0 bridgehead atoms. The second-order valence-electron chi connectivity index (χ2n) is 6.11. The Morgan fingerprint density at radius 1 is 1.25 bits per heavy atom. The second kappa shape index (κ2) is 7.38. The van der Waals surface area contributed by atoms with Crippen LogP contribution in [0.5, 0.6) is 5.75 Å². The van der Waals surface area contributed by atoms with Crippen molar-refractivity contribution < 1.29 is 4.74 Å².